The van der Waals surface area contributed by atoms with Crippen LogP contribution in [-0.4, -0.2) is 40.5 Å². The number of nitrogens with one attached hydrogen (secondary N) is 3. The zero-order valence-electron chi connectivity index (χ0n) is 13.0. The second-order valence-electron chi connectivity index (χ2n) is 5.91. The van der Waals surface area contributed by atoms with Gasteiger partial charge in [-0.25, -0.2) is 4.79 Å². The number of amidine groups is 1. The molecule has 1 rings (SSSR count). The number of hydrogen-bond donors (Lipinski definition) is 5. The van der Waals surface area contributed by atoms with Gasteiger partial charge < -0.3 is 15.2 Å². The third-order valence-corrected chi connectivity index (χ3v) is 2.78. The molecule has 1 amide bonds. The maximum absolute atomic E-state index is 11.7. The summed E-state index contributed by atoms with van der Waals surface area (Å²) in [5.74, 6) is -0.0999. The minimum Gasteiger partial charge on any atom is -0.444 e. The molecule has 1 aromatic rings. The van der Waals surface area contributed by atoms with Crippen LogP contribution < -0.4 is 10.8 Å². The van der Waals surface area contributed by atoms with Gasteiger partial charge in [-0.05, 0) is 32.8 Å². The number of rotatable bonds is 5. The number of hydroxylamine groups is 1. The summed E-state index contributed by atoms with van der Waals surface area (Å²) in [7, 11) is 0. The molecular weight excluding hydrogens is 286 g/mol. The molecule has 0 saturated carbocycles. The van der Waals surface area contributed by atoms with Crippen LogP contribution in [0.5, 0.6) is 0 Å². The van der Waals surface area contributed by atoms with Gasteiger partial charge in [0.05, 0.1) is 12.6 Å². The molecule has 0 spiro atoms. The average molecular weight is 309 g/mol. The smallest absolute Gasteiger partial charge is 0.407 e. The fourth-order valence-electron chi connectivity index (χ4n) is 1.79. The van der Waals surface area contributed by atoms with Crippen LogP contribution in [0, 0.1) is 5.41 Å². The number of amides is 1. The quantitative estimate of drug-likeness (QED) is 0.320. The molecular formula is C15H23N3O4. The molecule has 0 bridgehead atoms. The number of carbonyl (C=O) groups excluding carboxylic acids is 1. The summed E-state index contributed by atoms with van der Waals surface area (Å²) in [6.45, 7) is 5.09. The largest absolute Gasteiger partial charge is 0.444 e. The second-order valence-corrected chi connectivity index (χ2v) is 5.91. The fraction of sp³-hybridized carbons (Fsp3) is 0.467. The molecule has 1 atom stereocenters. The minimum absolute atomic E-state index is 0.0999. The van der Waals surface area contributed by atoms with Gasteiger partial charge in [0.15, 0.2) is 0 Å². The third-order valence-electron chi connectivity index (χ3n) is 2.78. The first-order valence-corrected chi connectivity index (χ1v) is 6.93. The van der Waals surface area contributed by atoms with Crippen LogP contribution in [0.1, 0.15) is 31.9 Å². The Morgan fingerprint density at radius 2 is 1.91 bits per heavy atom. The zero-order chi connectivity index (χ0) is 16.8. The minimum atomic E-state index is -0.594. The lowest BCUT2D eigenvalue weighted by molar-refractivity contribution is 0.0483. The van der Waals surface area contributed by atoms with Crippen molar-refractivity contribution >= 4 is 11.9 Å². The summed E-state index contributed by atoms with van der Waals surface area (Å²) in [4.78, 5) is 11.7. The van der Waals surface area contributed by atoms with E-state index < -0.39 is 17.7 Å². The topological polar surface area (TPSA) is 115 Å². The summed E-state index contributed by atoms with van der Waals surface area (Å²) in [5.41, 5.74) is 2.59. The lowest BCUT2D eigenvalue weighted by Gasteiger charge is -2.22. The first-order chi connectivity index (χ1) is 10.2. The van der Waals surface area contributed by atoms with Crippen molar-refractivity contribution in [1.29, 1.82) is 5.41 Å². The van der Waals surface area contributed by atoms with Crippen molar-refractivity contribution in [1.82, 2.24) is 10.8 Å². The Balaban J connectivity index is 2.62. The number of alkyl carbamates (subject to hydrolysis) is 1. The zero-order valence-corrected chi connectivity index (χ0v) is 13.0. The van der Waals surface area contributed by atoms with Gasteiger partial charge in [-0.3, -0.25) is 16.1 Å². The van der Waals surface area contributed by atoms with Crippen LogP contribution in [0.3, 0.4) is 0 Å². The van der Waals surface area contributed by atoms with E-state index in [1.807, 2.05) is 0 Å². The Hall–Kier alpha value is -2.12. The Bertz CT molecular complexity index is 509. The molecule has 0 unspecified atom stereocenters. The SMILES string of the molecule is CC(C)(C)OC(=O)N[C@H](CO)Cc1ccc(C(=N)NO)cc1. The molecule has 0 fully saturated rings. The van der Waals surface area contributed by atoms with Crippen molar-refractivity contribution < 1.29 is 19.8 Å². The van der Waals surface area contributed by atoms with Crippen molar-refractivity contribution in [3.63, 3.8) is 0 Å². The Kier molecular flexibility index (Phi) is 6.33. The van der Waals surface area contributed by atoms with Gasteiger partial charge in [-0.1, -0.05) is 24.3 Å². The maximum atomic E-state index is 11.7. The number of benzene rings is 1. The molecule has 122 valence electrons. The van der Waals surface area contributed by atoms with Crippen molar-refractivity contribution in [2.75, 3.05) is 6.61 Å². The van der Waals surface area contributed by atoms with Crippen LogP contribution in [0.25, 0.3) is 0 Å². The normalized spacial score (nSPS) is 12.4. The monoisotopic (exact) mass is 309 g/mol. The molecule has 0 aromatic heterocycles. The van der Waals surface area contributed by atoms with Gasteiger partial charge in [-0.15, -0.1) is 0 Å². The highest BCUT2D eigenvalue weighted by Gasteiger charge is 2.19. The summed E-state index contributed by atoms with van der Waals surface area (Å²) in [6.07, 6.45) is -0.148. The molecule has 0 heterocycles. The molecule has 7 heteroatoms. The second kappa shape index (κ2) is 7.77. The number of carbonyl (C=O) groups is 1. The molecule has 0 saturated heterocycles. The van der Waals surface area contributed by atoms with Crippen LogP contribution in [-0.2, 0) is 11.2 Å². The summed E-state index contributed by atoms with van der Waals surface area (Å²) in [6, 6.07) is 6.41. The van der Waals surface area contributed by atoms with Crippen molar-refractivity contribution in [2.24, 2.45) is 0 Å². The van der Waals surface area contributed by atoms with E-state index in [0.717, 1.165) is 5.56 Å². The summed E-state index contributed by atoms with van der Waals surface area (Å²) in [5, 5.41) is 28.1. The van der Waals surface area contributed by atoms with Crippen molar-refractivity contribution in [2.45, 2.75) is 38.8 Å². The van der Waals surface area contributed by atoms with Gasteiger partial charge in [0.2, 0.25) is 0 Å². The van der Waals surface area contributed by atoms with Crippen LogP contribution in [0.15, 0.2) is 24.3 Å². The number of aliphatic hydroxyl groups is 1. The van der Waals surface area contributed by atoms with E-state index in [0.29, 0.717) is 12.0 Å². The van der Waals surface area contributed by atoms with Crippen LogP contribution >= 0.6 is 0 Å². The standard InChI is InChI=1S/C15H23N3O4/c1-15(2,3)22-14(20)17-12(9-19)8-10-4-6-11(7-5-10)13(16)18-21/h4-7,12,19,21H,8-9H2,1-3H3,(H2,16,18)(H,17,20)/t12-/m0/s1. The molecule has 0 aliphatic rings. The number of ether oxygens (including phenoxy) is 1. The van der Waals surface area contributed by atoms with E-state index >= 15 is 0 Å². The molecule has 5 N–H and O–H groups in total. The predicted octanol–water partition coefficient (Wildman–Crippen LogP) is 1.42. The van der Waals surface area contributed by atoms with Crippen molar-refractivity contribution in [3.8, 4) is 0 Å². The van der Waals surface area contributed by atoms with Gasteiger partial charge in [0.1, 0.15) is 11.4 Å². The van der Waals surface area contributed by atoms with Crippen LogP contribution in [0.4, 0.5) is 4.79 Å². The summed E-state index contributed by atoms with van der Waals surface area (Å²) >= 11 is 0. The Morgan fingerprint density at radius 1 is 1.32 bits per heavy atom. The van der Waals surface area contributed by atoms with Gasteiger partial charge >= 0.3 is 6.09 Å². The first kappa shape index (κ1) is 17.9. The number of hydrogen-bond acceptors (Lipinski definition) is 5. The average Bonchev–Trinajstić information content (AvgIpc) is 2.44. The Labute approximate surface area is 129 Å². The van der Waals surface area contributed by atoms with E-state index in [1.165, 1.54) is 0 Å². The summed E-state index contributed by atoms with van der Waals surface area (Å²) < 4.78 is 5.15. The highest BCUT2D eigenvalue weighted by molar-refractivity contribution is 5.95. The molecule has 7 nitrogen and oxygen atoms in total. The van der Waals surface area contributed by atoms with E-state index in [1.54, 1.807) is 50.5 Å². The third kappa shape index (κ3) is 6.11. The van der Waals surface area contributed by atoms with Gasteiger partial charge in [-0.2, -0.15) is 0 Å². The maximum Gasteiger partial charge on any atom is 0.407 e. The molecule has 0 aliphatic carbocycles. The molecule has 22 heavy (non-hydrogen) atoms. The first-order valence-electron chi connectivity index (χ1n) is 6.93. The number of aliphatic hydroxyl groups excluding tert-OH is 1. The highest BCUT2D eigenvalue weighted by Crippen LogP contribution is 2.09. The molecule has 1 aromatic carbocycles. The molecule has 0 aliphatic heterocycles. The molecule has 0 radical (unpaired) electrons. The van der Waals surface area contributed by atoms with E-state index in [4.69, 9.17) is 15.4 Å². The predicted molar refractivity (Wildman–Crippen MR) is 82.1 cm³/mol. The lowest BCUT2D eigenvalue weighted by Crippen LogP contribution is -2.42. The fourth-order valence-corrected chi connectivity index (χ4v) is 1.79. The van der Waals surface area contributed by atoms with Gasteiger partial charge in [0, 0.05) is 5.56 Å². The lowest BCUT2D eigenvalue weighted by atomic mass is 10.0. The van der Waals surface area contributed by atoms with E-state index in [9.17, 15) is 9.90 Å². The highest BCUT2D eigenvalue weighted by atomic mass is 16.6. The van der Waals surface area contributed by atoms with E-state index in [2.05, 4.69) is 5.32 Å². The Morgan fingerprint density at radius 3 is 2.36 bits per heavy atom. The van der Waals surface area contributed by atoms with Crippen molar-refractivity contribution in [3.05, 3.63) is 35.4 Å². The van der Waals surface area contributed by atoms with E-state index in [-0.39, 0.29) is 12.4 Å². The van der Waals surface area contributed by atoms with Gasteiger partial charge in [0.25, 0.3) is 0 Å². The van der Waals surface area contributed by atoms with Crippen LogP contribution in [0.2, 0.25) is 0 Å².